The van der Waals surface area contributed by atoms with Gasteiger partial charge >= 0.3 is 68.3 Å². The van der Waals surface area contributed by atoms with Gasteiger partial charge in [0.2, 0.25) is 0 Å². The quantitative estimate of drug-likeness (QED) is 0.469. The molecule has 0 heterocycles. The number of hydrogen-bond acceptors (Lipinski definition) is 0. The molecule has 0 spiro atoms. The molecular weight excluding hydrogens is 252 g/mol. The topological polar surface area (TPSA) is 142 Å². The Morgan fingerprint density at radius 1 is 0.333 bits per heavy atom. The molecule has 2 radical (unpaired) electrons. The van der Waals surface area contributed by atoms with E-state index in [2.05, 4.69) is 0 Å². The minimum absolute atomic E-state index is 0. The van der Waals surface area contributed by atoms with Gasteiger partial charge in [0.05, 0.1) is 0 Å². The van der Waals surface area contributed by atoms with Crippen LogP contribution < -0.4 is 0 Å². The van der Waals surface area contributed by atoms with Crippen molar-refractivity contribution < 1.29 is 60.9 Å². The molecule has 0 atom stereocenters. The van der Waals surface area contributed by atoms with E-state index in [9.17, 15) is 0 Å². The van der Waals surface area contributed by atoms with E-state index in [0.29, 0.717) is 0 Å². The molecular formula is Al2Co2O5. The smallest absolute Gasteiger partial charge is 2.00 e. The van der Waals surface area contributed by atoms with Crippen molar-refractivity contribution in [3.05, 3.63) is 0 Å². The first-order valence-corrected chi connectivity index (χ1v) is 0. The normalized spacial score (nSPS) is 0. The second kappa shape index (κ2) is 221. The summed E-state index contributed by atoms with van der Waals surface area (Å²) < 4.78 is 0. The van der Waals surface area contributed by atoms with Crippen LogP contribution in [0.3, 0.4) is 0 Å². The van der Waals surface area contributed by atoms with Crippen molar-refractivity contribution in [2.24, 2.45) is 0 Å². The molecule has 0 amide bonds. The molecule has 9 heteroatoms. The van der Waals surface area contributed by atoms with Gasteiger partial charge in [-0.2, -0.15) is 0 Å². The van der Waals surface area contributed by atoms with Crippen LogP contribution >= 0.6 is 0 Å². The third kappa shape index (κ3) is 174. The molecule has 5 nitrogen and oxygen atoms in total. The van der Waals surface area contributed by atoms with E-state index in [-0.39, 0.29) is 95.7 Å². The average molecular weight is 252 g/mol. The van der Waals surface area contributed by atoms with E-state index in [4.69, 9.17) is 0 Å². The first-order chi connectivity index (χ1) is 0. The maximum Gasteiger partial charge on any atom is 3.00 e. The largest absolute Gasteiger partial charge is 3.00 e. The van der Waals surface area contributed by atoms with Crippen LogP contribution in [0, 0.1) is 0 Å². The summed E-state index contributed by atoms with van der Waals surface area (Å²) in [5, 5.41) is 0. The number of rotatable bonds is 0. The summed E-state index contributed by atoms with van der Waals surface area (Å²) in [6, 6.07) is 0. The van der Waals surface area contributed by atoms with Crippen LogP contribution in [0.25, 0.3) is 0 Å². The fourth-order valence-corrected chi connectivity index (χ4v) is 0. The van der Waals surface area contributed by atoms with E-state index in [1.54, 1.807) is 0 Å². The summed E-state index contributed by atoms with van der Waals surface area (Å²) >= 11 is 0. The van der Waals surface area contributed by atoms with Crippen molar-refractivity contribution >= 4 is 34.7 Å². The van der Waals surface area contributed by atoms with Gasteiger partial charge in [-0.05, 0) is 0 Å². The van der Waals surface area contributed by atoms with E-state index >= 15 is 0 Å². The molecule has 0 fully saturated rings. The van der Waals surface area contributed by atoms with E-state index in [1.165, 1.54) is 0 Å². The van der Waals surface area contributed by atoms with Gasteiger partial charge in [-0.1, -0.05) is 0 Å². The predicted octanol–water partition coefficient (Wildman–Crippen LogP) is -1.36. The first-order valence-electron chi connectivity index (χ1n) is 0. The summed E-state index contributed by atoms with van der Waals surface area (Å²) in [4.78, 5) is 0. The van der Waals surface area contributed by atoms with Crippen molar-refractivity contribution in [1.82, 2.24) is 0 Å². The molecule has 0 aromatic carbocycles. The molecule has 0 unspecified atom stereocenters. The van der Waals surface area contributed by atoms with Crippen molar-refractivity contribution in [2.45, 2.75) is 0 Å². The molecule has 0 N–H and O–H groups in total. The van der Waals surface area contributed by atoms with Crippen molar-refractivity contribution in [3.8, 4) is 0 Å². The second-order valence-corrected chi connectivity index (χ2v) is 0. The van der Waals surface area contributed by atoms with E-state index in [0.717, 1.165) is 0 Å². The second-order valence-electron chi connectivity index (χ2n) is 0. The maximum atomic E-state index is 0. The molecule has 0 aliphatic rings. The summed E-state index contributed by atoms with van der Waals surface area (Å²) in [5.41, 5.74) is 0. The Balaban J connectivity index is 0. The van der Waals surface area contributed by atoms with Gasteiger partial charge in [0.15, 0.2) is 0 Å². The Morgan fingerprint density at radius 2 is 0.333 bits per heavy atom. The standard InChI is InChI=1S/2Al.2Co.5O/q2*+3;2*+2;5*-2. The minimum atomic E-state index is 0. The molecule has 0 aliphatic carbocycles. The zero-order valence-electron chi connectivity index (χ0n) is 3.86. The van der Waals surface area contributed by atoms with Crippen LogP contribution in [0.2, 0.25) is 0 Å². The molecule has 0 saturated carbocycles. The summed E-state index contributed by atoms with van der Waals surface area (Å²) in [6.45, 7) is 0. The van der Waals surface area contributed by atoms with Crippen molar-refractivity contribution in [3.63, 3.8) is 0 Å². The molecule has 0 aromatic heterocycles. The fraction of sp³-hybridized carbons (Fsp3) is 0. The van der Waals surface area contributed by atoms with E-state index < -0.39 is 0 Å². The van der Waals surface area contributed by atoms with Gasteiger partial charge in [0, 0.05) is 0 Å². The van der Waals surface area contributed by atoms with Crippen LogP contribution in [-0.2, 0) is 60.9 Å². The van der Waals surface area contributed by atoms with Gasteiger partial charge < -0.3 is 27.4 Å². The Labute approximate surface area is 95.2 Å². The Hall–Kier alpha value is 1.88. The Morgan fingerprint density at radius 3 is 0.333 bits per heavy atom. The van der Waals surface area contributed by atoms with Gasteiger partial charge in [-0.15, -0.1) is 0 Å². The predicted molar refractivity (Wildman–Crippen MR) is 14.9 cm³/mol. The molecule has 9 heavy (non-hydrogen) atoms. The third-order valence-electron chi connectivity index (χ3n) is 0. The molecule has 0 rings (SSSR count). The van der Waals surface area contributed by atoms with Crippen LogP contribution in [0.1, 0.15) is 0 Å². The van der Waals surface area contributed by atoms with Crippen LogP contribution in [0.4, 0.5) is 0 Å². The van der Waals surface area contributed by atoms with Crippen LogP contribution in [-0.4, -0.2) is 34.7 Å². The first kappa shape index (κ1) is 301. The minimum Gasteiger partial charge on any atom is -2.00 e. The fourth-order valence-electron chi connectivity index (χ4n) is 0. The molecule has 0 saturated heterocycles. The molecule has 0 aliphatic heterocycles. The molecule has 54 valence electrons. The van der Waals surface area contributed by atoms with Crippen LogP contribution in [0.5, 0.6) is 0 Å². The van der Waals surface area contributed by atoms with Crippen molar-refractivity contribution in [2.75, 3.05) is 0 Å². The van der Waals surface area contributed by atoms with E-state index in [1.807, 2.05) is 0 Å². The van der Waals surface area contributed by atoms with Gasteiger partial charge in [-0.25, -0.2) is 0 Å². The van der Waals surface area contributed by atoms with Gasteiger partial charge in [0.1, 0.15) is 0 Å². The number of hydrogen-bond donors (Lipinski definition) is 0. The third-order valence-corrected chi connectivity index (χ3v) is 0. The molecule has 0 aromatic rings. The van der Waals surface area contributed by atoms with Gasteiger partial charge in [-0.3, -0.25) is 0 Å². The maximum absolute atomic E-state index is 0. The Kier molecular flexibility index (Phi) is 7380. The monoisotopic (exact) mass is 252 g/mol. The van der Waals surface area contributed by atoms with Crippen LogP contribution in [0.15, 0.2) is 0 Å². The Bertz CT molecular complexity index is 12.9. The average Bonchev–Trinajstić information content (AvgIpc) is 0. The SMILES string of the molecule is [Al+3].[Al+3].[Co+2].[Co+2].[O-2].[O-2].[O-2].[O-2].[O-2]. The molecule has 0 bridgehead atoms. The summed E-state index contributed by atoms with van der Waals surface area (Å²) in [5.74, 6) is 0. The zero-order valence-corrected chi connectivity index (χ0v) is 8.25. The van der Waals surface area contributed by atoms with Crippen molar-refractivity contribution in [1.29, 1.82) is 0 Å². The summed E-state index contributed by atoms with van der Waals surface area (Å²) in [7, 11) is 0. The zero-order chi connectivity index (χ0) is 0. The van der Waals surface area contributed by atoms with Gasteiger partial charge in [0.25, 0.3) is 0 Å². The summed E-state index contributed by atoms with van der Waals surface area (Å²) in [6.07, 6.45) is 0.